The van der Waals surface area contributed by atoms with Gasteiger partial charge in [0.25, 0.3) is 5.56 Å². The predicted octanol–water partition coefficient (Wildman–Crippen LogP) is 3.10. The van der Waals surface area contributed by atoms with Crippen molar-refractivity contribution in [1.29, 1.82) is 5.26 Å². The molecule has 1 aliphatic heterocycles. The van der Waals surface area contributed by atoms with E-state index in [1.54, 1.807) is 42.5 Å². The summed E-state index contributed by atoms with van der Waals surface area (Å²) in [5.41, 5.74) is 7.37. The van der Waals surface area contributed by atoms with Crippen molar-refractivity contribution in [2.75, 3.05) is 21.3 Å². The zero-order valence-electron chi connectivity index (χ0n) is 24.5. The molecule has 2 N–H and O–H groups in total. The van der Waals surface area contributed by atoms with Crippen LogP contribution in [0.5, 0.6) is 23.0 Å². The normalized spacial score (nSPS) is 15.0. The molecule has 0 fully saturated rings. The first-order valence-corrected chi connectivity index (χ1v) is 14.0. The Bertz CT molecular complexity index is 1780. The number of carbonyl (C=O) groups is 1. The van der Waals surface area contributed by atoms with E-state index >= 15 is 0 Å². The van der Waals surface area contributed by atoms with Gasteiger partial charge in [-0.3, -0.25) is 9.36 Å². The Morgan fingerprint density at radius 2 is 1.57 bits per heavy atom. The lowest BCUT2D eigenvalue weighted by Crippen LogP contribution is -2.40. The molecule has 11 heteroatoms. The van der Waals surface area contributed by atoms with Crippen LogP contribution in [-0.4, -0.2) is 44.1 Å². The maximum Gasteiger partial charge on any atom is 0.337 e. The number of esters is 1. The number of hydrogen-bond donors (Lipinski definition) is 1. The van der Waals surface area contributed by atoms with Crippen LogP contribution < -0.4 is 39.4 Å². The maximum absolute atomic E-state index is 13.7. The summed E-state index contributed by atoms with van der Waals surface area (Å²) in [5, 5.41) is 10.2. The van der Waals surface area contributed by atoms with Gasteiger partial charge in [-0.1, -0.05) is 12.1 Å². The molecular formula is C31H33N3O7S. The van der Waals surface area contributed by atoms with Gasteiger partial charge in [0.1, 0.15) is 10.5 Å². The first-order valence-electron chi connectivity index (χ1n) is 13.2. The van der Waals surface area contributed by atoms with Crippen LogP contribution in [0.2, 0.25) is 0 Å². The number of allylic oxidation sites excluding steroid dienone is 1. The fourth-order valence-electron chi connectivity index (χ4n) is 4.68. The summed E-state index contributed by atoms with van der Waals surface area (Å²) in [6, 6.07) is 12.6. The van der Waals surface area contributed by atoms with Crippen LogP contribution in [-0.2, 0) is 9.53 Å². The number of methoxy groups -OCH3 is 3. The molecule has 1 aromatic heterocycles. The Hall–Kier alpha value is -4.69. The summed E-state index contributed by atoms with van der Waals surface area (Å²) in [6.07, 6.45) is 1.52. The van der Waals surface area contributed by atoms with Crippen LogP contribution in [0, 0.1) is 11.3 Å². The molecule has 0 radical (unpaired) electrons. The van der Waals surface area contributed by atoms with E-state index in [1.807, 2.05) is 27.7 Å². The Morgan fingerprint density at radius 1 is 0.976 bits per heavy atom. The van der Waals surface area contributed by atoms with Gasteiger partial charge in [-0.2, -0.15) is 5.26 Å². The van der Waals surface area contributed by atoms with Gasteiger partial charge in [-0.05, 0) is 69.2 Å². The van der Waals surface area contributed by atoms with Crippen LogP contribution in [0.3, 0.4) is 0 Å². The van der Waals surface area contributed by atoms with Gasteiger partial charge in [0.05, 0.1) is 61.2 Å². The fraction of sp³-hybridized carbons (Fsp3) is 0.323. The molecule has 220 valence electrons. The highest BCUT2D eigenvalue weighted by Crippen LogP contribution is 2.40. The molecule has 0 bridgehead atoms. The van der Waals surface area contributed by atoms with Gasteiger partial charge in [0.2, 0.25) is 0 Å². The second kappa shape index (κ2) is 12.4. The third kappa shape index (κ3) is 5.71. The summed E-state index contributed by atoms with van der Waals surface area (Å²) < 4.78 is 29.6. The molecule has 0 spiro atoms. The van der Waals surface area contributed by atoms with Crippen LogP contribution in [0.25, 0.3) is 17.5 Å². The van der Waals surface area contributed by atoms with Crippen molar-refractivity contribution in [2.24, 2.45) is 5.73 Å². The zero-order chi connectivity index (χ0) is 30.7. The number of rotatable bonds is 9. The Balaban J connectivity index is 1.98. The lowest BCUT2D eigenvalue weighted by Gasteiger charge is -2.25. The van der Waals surface area contributed by atoms with E-state index in [0.717, 1.165) is 11.3 Å². The SMILES string of the molecule is COC(=O)C1=c2s/c(=C/c3ccc(OC(C)C)c(OC)c3)c(=O)n2C(N)=C(C#N)[C@H]1c1ccc(OC(C)C)c(OC)c1. The first-order chi connectivity index (χ1) is 20.0. The third-order valence-corrected chi connectivity index (χ3v) is 7.51. The Morgan fingerprint density at radius 3 is 2.12 bits per heavy atom. The van der Waals surface area contributed by atoms with Gasteiger partial charge in [-0.25, -0.2) is 4.79 Å². The van der Waals surface area contributed by atoms with Crippen LogP contribution in [0.4, 0.5) is 0 Å². The number of aromatic nitrogens is 1. The van der Waals surface area contributed by atoms with E-state index < -0.39 is 17.4 Å². The fourth-order valence-corrected chi connectivity index (χ4v) is 5.84. The van der Waals surface area contributed by atoms with Crippen LogP contribution in [0.1, 0.15) is 44.7 Å². The highest BCUT2D eigenvalue weighted by Gasteiger charge is 2.36. The van der Waals surface area contributed by atoms with Crippen molar-refractivity contribution >= 4 is 34.8 Å². The Kier molecular flexibility index (Phi) is 8.97. The van der Waals surface area contributed by atoms with Crippen molar-refractivity contribution in [3.05, 3.63) is 72.6 Å². The van der Waals surface area contributed by atoms with Crippen molar-refractivity contribution in [3.63, 3.8) is 0 Å². The van der Waals surface area contributed by atoms with E-state index in [-0.39, 0.29) is 33.8 Å². The number of nitrogens with two attached hydrogens (primary N) is 1. The van der Waals surface area contributed by atoms with Gasteiger partial charge in [0, 0.05) is 0 Å². The predicted molar refractivity (Wildman–Crippen MR) is 160 cm³/mol. The van der Waals surface area contributed by atoms with Gasteiger partial charge in [-0.15, -0.1) is 11.3 Å². The summed E-state index contributed by atoms with van der Waals surface area (Å²) in [6.45, 7) is 7.61. The quantitative estimate of drug-likeness (QED) is 0.373. The maximum atomic E-state index is 13.7. The molecule has 3 aromatic rings. The largest absolute Gasteiger partial charge is 0.493 e. The molecule has 4 rings (SSSR count). The molecule has 2 aromatic carbocycles. The minimum Gasteiger partial charge on any atom is -0.493 e. The molecule has 0 amide bonds. The van der Waals surface area contributed by atoms with Gasteiger partial charge < -0.3 is 29.4 Å². The topological polar surface area (TPSA) is 135 Å². The zero-order valence-corrected chi connectivity index (χ0v) is 25.3. The molecule has 0 saturated heterocycles. The van der Waals surface area contributed by atoms with Crippen molar-refractivity contribution in [1.82, 2.24) is 4.57 Å². The summed E-state index contributed by atoms with van der Waals surface area (Å²) in [5.74, 6) is 0.331. The summed E-state index contributed by atoms with van der Waals surface area (Å²) in [7, 11) is 4.29. The number of thiazole rings is 1. The minimum atomic E-state index is -0.914. The first kappa shape index (κ1) is 30.3. The lowest BCUT2D eigenvalue weighted by atomic mass is 9.83. The third-order valence-electron chi connectivity index (χ3n) is 6.41. The molecule has 0 aliphatic carbocycles. The van der Waals surface area contributed by atoms with E-state index in [4.69, 9.17) is 29.4 Å². The van der Waals surface area contributed by atoms with E-state index in [1.165, 1.54) is 25.9 Å². The number of hydrogen-bond acceptors (Lipinski definition) is 10. The van der Waals surface area contributed by atoms with Crippen molar-refractivity contribution in [2.45, 2.75) is 45.8 Å². The van der Waals surface area contributed by atoms with E-state index in [0.29, 0.717) is 38.7 Å². The molecule has 1 aliphatic rings. The second-order valence-electron chi connectivity index (χ2n) is 9.96. The summed E-state index contributed by atoms with van der Waals surface area (Å²) in [4.78, 5) is 27.0. The highest BCUT2D eigenvalue weighted by molar-refractivity contribution is 7.07. The van der Waals surface area contributed by atoms with Crippen molar-refractivity contribution in [3.8, 4) is 29.1 Å². The molecule has 10 nitrogen and oxygen atoms in total. The number of benzene rings is 2. The number of carbonyl (C=O) groups excluding carboxylic acids is 1. The van der Waals surface area contributed by atoms with Gasteiger partial charge >= 0.3 is 5.97 Å². The van der Waals surface area contributed by atoms with Crippen LogP contribution in [0.15, 0.2) is 46.8 Å². The molecule has 0 unspecified atom stereocenters. The molecular weight excluding hydrogens is 558 g/mol. The minimum absolute atomic E-state index is 0.0331. The van der Waals surface area contributed by atoms with Gasteiger partial charge in [0.15, 0.2) is 23.0 Å². The molecule has 1 atom stereocenters. The van der Waals surface area contributed by atoms with Crippen molar-refractivity contribution < 1.29 is 28.5 Å². The number of ether oxygens (including phenoxy) is 5. The summed E-state index contributed by atoms with van der Waals surface area (Å²) >= 11 is 1.08. The highest BCUT2D eigenvalue weighted by atomic mass is 32.1. The van der Waals surface area contributed by atoms with E-state index in [2.05, 4.69) is 6.07 Å². The van der Waals surface area contributed by atoms with Crippen LogP contribution >= 0.6 is 11.3 Å². The average molecular weight is 592 g/mol. The standard InChI is InChI=1S/C31H33N3O7S/c1-16(2)40-21-10-8-18(12-23(21)37-5)13-25-29(35)34-28(33)20(15-32)26(27(30(34)42-25)31(36)39-7)19-9-11-22(41-17(3)4)24(14-19)38-6/h8-14,16-17,26H,33H2,1-7H3/b25-13+/t26-/m1/s1. The number of nitriles is 1. The molecule has 0 saturated carbocycles. The monoisotopic (exact) mass is 591 g/mol. The Labute approximate surface area is 247 Å². The van der Waals surface area contributed by atoms with E-state index in [9.17, 15) is 14.9 Å². The molecule has 42 heavy (non-hydrogen) atoms. The number of fused-ring (bicyclic) bond motifs is 1. The number of nitrogens with zero attached hydrogens (tertiary/aromatic N) is 2. The average Bonchev–Trinajstić information content (AvgIpc) is 3.28. The smallest absolute Gasteiger partial charge is 0.337 e. The second-order valence-corrected chi connectivity index (χ2v) is 11.0. The lowest BCUT2D eigenvalue weighted by molar-refractivity contribution is -0.134. The molecule has 2 heterocycles.